The number of phosphoric acid groups is 3. The van der Waals surface area contributed by atoms with Crippen molar-refractivity contribution in [3.8, 4) is 11.5 Å². The van der Waals surface area contributed by atoms with E-state index in [1.54, 1.807) is 0 Å². The third kappa shape index (κ3) is 5.83. The van der Waals surface area contributed by atoms with Crippen LogP contribution in [0.15, 0.2) is 29.4 Å². The summed E-state index contributed by atoms with van der Waals surface area (Å²) in [6.07, 6.45) is -0.211. The Balaban J connectivity index is 1.59. The molecule has 3 aromatic heterocycles. The van der Waals surface area contributed by atoms with Gasteiger partial charge in [0.25, 0.3) is 0 Å². The van der Waals surface area contributed by atoms with Gasteiger partial charge in [-0.25, -0.2) is 33.0 Å². The Morgan fingerprint density at radius 2 is 1.86 bits per heavy atom. The van der Waals surface area contributed by atoms with E-state index >= 15 is 4.39 Å². The van der Waals surface area contributed by atoms with Crippen LogP contribution in [0.2, 0.25) is 0 Å². The van der Waals surface area contributed by atoms with E-state index in [0.717, 1.165) is 13.3 Å². The Morgan fingerprint density at radius 1 is 1.16 bits per heavy atom. The summed E-state index contributed by atoms with van der Waals surface area (Å²) in [6, 6.07) is 0. The molecule has 0 bridgehead atoms. The van der Waals surface area contributed by atoms with Crippen molar-refractivity contribution < 1.29 is 65.1 Å². The van der Waals surface area contributed by atoms with Crippen LogP contribution >= 0.6 is 23.5 Å². The van der Waals surface area contributed by atoms with Gasteiger partial charge in [-0.15, -0.1) is 0 Å². The number of aromatic nitrogens is 4. The second-order valence-electron chi connectivity index (χ2n) is 7.75. The molecule has 0 spiro atoms. The highest BCUT2D eigenvalue weighted by Gasteiger charge is 2.56. The van der Waals surface area contributed by atoms with Crippen LogP contribution in [0.3, 0.4) is 0 Å². The van der Waals surface area contributed by atoms with Gasteiger partial charge in [-0.1, -0.05) is 0 Å². The average molecular weight is 589 g/mol. The van der Waals surface area contributed by atoms with Crippen molar-refractivity contribution in [2.24, 2.45) is 0 Å². The van der Waals surface area contributed by atoms with Gasteiger partial charge in [-0.3, -0.25) is 4.52 Å². The number of phosphoric ester groups is 1. The number of halogens is 1. The molecule has 0 radical (unpaired) electrons. The first-order valence-corrected chi connectivity index (χ1v) is 14.3. The van der Waals surface area contributed by atoms with Gasteiger partial charge in [0.05, 0.1) is 23.8 Å². The Labute approximate surface area is 205 Å². The molecule has 0 amide bonds. The average Bonchev–Trinajstić information content (AvgIpc) is 3.43. The number of fused-ring (bicyclic) bond motifs is 1. The summed E-state index contributed by atoms with van der Waals surface area (Å²) < 4.78 is 73.6. The van der Waals surface area contributed by atoms with Gasteiger partial charge in [0.1, 0.15) is 36.3 Å². The highest BCUT2D eigenvalue weighted by molar-refractivity contribution is 7.66. The van der Waals surface area contributed by atoms with E-state index in [2.05, 4.69) is 28.1 Å². The van der Waals surface area contributed by atoms with Gasteiger partial charge in [-0.2, -0.15) is 8.62 Å². The van der Waals surface area contributed by atoms with Crippen molar-refractivity contribution in [1.82, 2.24) is 19.5 Å². The van der Waals surface area contributed by atoms with E-state index in [1.165, 1.54) is 23.2 Å². The lowest BCUT2D eigenvalue weighted by atomic mass is 9.98. The maximum Gasteiger partial charge on any atom is 0.490 e. The first kappa shape index (κ1) is 27.9. The molecule has 1 fully saturated rings. The minimum atomic E-state index is -5.77. The fraction of sp³-hybridized carbons (Fsp3) is 0.400. The molecular weight excluding hydrogens is 570 g/mol. The molecule has 0 saturated carbocycles. The largest absolute Gasteiger partial charge is 0.490 e. The fourth-order valence-electron chi connectivity index (χ4n) is 3.63. The van der Waals surface area contributed by atoms with Crippen molar-refractivity contribution in [3.63, 3.8) is 0 Å². The molecule has 7 N–H and O–H groups in total. The number of hydrogen-bond donors (Lipinski definition) is 6. The minimum Gasteiger partial charge on any atom is -0.444 e. The van der Waals surface area contributed by atoms with Crippen LogP contribution in [0, 0.1) is 0 Å². The lowest BCUT2D eigenvalue weighted by Gasteiger charge is -2.25. The molecule has 204 valence electrons. The number of anilines is 1. The standard InChI is InChI=1S/C15H19FN5O13P3/c1-15(16)10(22)8(5-31-36(26,27)34-37(28,29)33-35(23,24)25)32-14(15)21-4-7(13-18-2-3-30-13)9-11(17)19-6-20-12(9)21/h2-4,6,8,10,14,22H,5H2,1H3,(H,26,27)(H,28,29)(H2,17,19,20)(H2,23,24,25)/t8-,10-,14-,15-/m1/s1. The summed E-state index contributed by atoms with van der Waals surface area (Å²) in [6.45, 7) is -0.113. The molecule has 1 aliphatic heterocycles. The predicted molar refractivity (Wildman–Crippen MR) is 117 cm³/mol. The molecule has 6 atom stereocenters. The zero-order valence-corrected chi connectivity index (χ0v) is 21.0. The fourth-order valence-corrected chi connectivity index (χ4v) is 6.66. The number of aliphatic hydroxyl groups is 1. The molecule has 2 unspecified atom stereocenters. The highest BCUT2D eigenvalue weighted by atomic mass is 31.3. The number of nitrogens with two attached hydrogens (primary N) is 1. The molecule has 1 aliphatic rings. The van der Waals surface area contributed by atoms with Crippen LogP contribution in [0.5, 0.6) is 0 Å². The maximum absolute atomic E-state index is 15.7. The van der Waals surface area contributed by atoms with Gasteiger partial charge in [0, 0.05) is 6.20 Å². The third-order valence-electron chi connectivity index (χ3n) is 5.09. The van der Waals surface area contributed by atoms with Gasteiger partial charge in [-0.05, 0) is 6.92 Å². The SMILES string of the molecule is C[C@@]1(F)[C@H](O)[C@@H](COP(=O)(O)OP(=O)(O)OP(=O)(O)O)O[C@H]1n1cc(-c2ncco2)c2c(N)ncnc21. The van der Waals surface area contributed by atoms with Crippen molar-refractivity contribution in [2.75, 3.05) is 12.3 Å². The Hall–Kier alpha value is -2.11. The molecule has 1 saturated heterocycles. The number of ether oxygens (including phenoxy) is 1. The molecule has 37 heavy (non-hydrogen) atoms. The van der Waals surface area contributed by atoms with Crippen molar-refractivity contribution in [1.29, 1.82) is 0 Å². The normalized spacial score (nSPS) is 27.8. The molecule has 22 heteroatoms. The summed E-state index contributed by atoms with van der Waals surface area (Å²) in [5.41, 5.74) is 3.72. The van der Waals surface area contributed by atoms with E-state index in [-0.39, 0.29) is 28.3 Å². The Kier molecular flexibility index (Phi) is 7.22. The molecular formula is C15H19FN5O13P3. The monoisotopic (exact) mass is 589 g/mol. The predicted octanol–water partition coefficient (Wildman–Crippen LogP) is 0.998. The molecule has 4 rings (SSSR count). The van der Waals surface area contributed by atoms with Crippen LogP contribution in [-0.2, 0) is 31.6 Å². The number of rotatable bonds is 9. The minimum absolute atomic E-state index is 0.000246. The smallest absolute Gasteiger partial charge is 0.444 e. The van der Waals surface area contributed by atoms with E-state index in [0.29, 0.717) is 0 Å². The summed E-state index contributed by atoms with van der Waals surface area (Å²) >= 11 is 0. The second kappa shape index (κ2) is 9.57. The molecule has 3 aromatic rings. The number of nitrogen functional groups attached to an aromatic ring is 1. The summed E-state index contributed by atoms with van der Waals surface area (Å²) in [4.78, 5) is 48.0. The van der Waals surface area contributed by atoms with E-state index < -0.39 is 54.2 Å². The summed E-state index contributed by atoms with van der Waals surface area (Å²) in [7, 11) is -16.9. The topological polar surface area (TPSA) is 272 Å². The van der Waals surface area contributed by atoms with Gasteiger partial charge in [0.2, 0.25) is 5.89 Å². The van der Waals surface area contributed by atoms with E-state index in [1.807, 2.05) is 0 Å². The summed E-state index contributed by atoms with van der Waals surface area (Å²) in [5, 5.41) is 10.8. The lowest BCUT2D eigenvalue weighted by Crippen LogP contribution is -2.40. The van der Waals surface area contributed by atoms with Crippen molar-refractivity contribution >= 4 is 40.3 Å². The highest BCUT2D eigenvalue weighted by Crippen LogP contribution is 2.66. The number of aliphatic hydroxyl groups excluding tert-OH is 1. The van der Waals surface area contributed by atoms with E-state index in [9.17, 15) is 28.6 Å². The van der Waals surface area contributed by atoms with Crippen LogP contribution in [0.1, 0.15) is 13.2 Å². The molecule has 18 nitrogen and oxygen atoms in total. The van der Waals surface area contributed by atoms with Gasteiger partial charge in [0.15, 0.2) is 11.9 Å². The van der Waals surface area contributed by atoms with Crippen LogP contribution in [-0.4, -0.2) is 68.7 Å². The van der Waals surface area contributed by atoms with Crippen LogP contribution in [0.25, 0.3) is 22.5 Å². The van der Waals surface area contributed by atoms with Crippen LogP contribution in [0.4, 0.5) is 10.2 Å². The number of alkyl halides is 1. The number of nitrogens with zero attached hydrogens (tertiary/aromatic N) is 4. The number of hydrogen-bond acceptors (Lipinski definition) is 13. The summed E-state index contributed by atoms with van der Waals surface area (Å²) in [5.74, 6) is 0.0915. The van der Waals surface area contributed by atoms with Gasteiger partial charge < -0.3 is 44.1 Å². The van der Waals surface area contributed by atoms with Crippen molar-refractivity contribution in [2.45, 2.75) is 31.0 Å². The van der Waals surface area contributed by atoms with Crippen molar-refractivity contribution in [3.05, 3.63) is 25.0 Å². The molecule has 0 aromatic carbocycles. The zero-order chi connectivity index (χ0) is 27.4. The third-order valence-corrected chi connectivity index (χ3v) is 8.89. The van der Waals surface area contributed by atoms with Crippen LogP contribution < -0.4 is 5.73 Å². The zero-order valence-electron chi connectivity index (χ0n) is 18.3. The second-order valence-corrected chi connectivity index (χ2v) is 12.2. The van der Waals surface area contributed by atoms with Gasteiger partial charge >= 0.3 is 23.5 Å². The first-order chi connectivity index (χ1) is 17.0. The Morgan fingerprint density at radius 3 is 2.49 bits per heavy atom. The lowest BCUT2D eigenvalue weighted by molar-refractivity contribution is -0.0557. The first-order valence-electron chi connectivity index (χ1n) is 9.82. The quantitative estimate of drug-likeness (QED) is 0.190. The number of oxazole rings is 1. The molecule has 4 heterocycles. The van der Waals surface area contributed by atoms with E-state index in [4.69, 9.17) is 24.7 Å². The maximum atomic E-state index is 15.7. The Bertz CT molecular complexity index is 1440. The molecule has 0 aliphatic carbocycles.